The van der Waals surface area contributed by atoms with E-state index in [9.17, 15) is 13.6 Å². The van der Waals surface area contributed by atoms with Crippen LogP contribution in [0.25, 0.3) is 0 Å². The second kappa shape index (κ2) is 3.81. The van der Waals surface area contributed by atoms with E-state index >= 15 is 0 Å². The highest BCUT2D eigenvalue weighted by atomic mass is 32.2. The molecule has 1 saturated carbocycles. The third kappa shape index (κ3) is 2.63. The lowest BCUT2D eigenvalue weighted by Crippen LogP contribution is -2.38. The summed E-state index contributed by atoms with van der Waals surface area (Å²) >= 11 is -2.51. The van der Waals surface area contributed by atoms with E-state index in [1.54, 1.807) is 0 Å². The van der Waals surface area contributed by atoms with Gasteiger partial charge in [0.1, 0.15) is 0 Å². The fourth-order valence-electron chi connectivity index (χ4n) is 2.56. The minimum Gasteiger partial charge on any atom is -0.755 e. The van der Waals surface area contributed by atoms with Gasteiger partial charge in [0.15, 0.2) is 0 Å². The molecule has 0 aromatic rings. The predicted octanol–water partition coefficient (Wildman–Crippen LogP) is 1.75. The van der Waals surface area contributed by atoms with Crippen molar-refractivity contribution in [3.8, 4) is 0 Å². The molecule has 1 aliphatic rings. The number of amides is 1. The number of carbonyl (C=O) groups excluding carboxylic acids is 1. The molecule has 0 saturated heterocycles. The first kappa shape index (κ1) is 13.6. The van der Waals surface area contributed by atoms with Crippen molar-refractivity contribution in [3.63, 3.8) is 0 Å². The first-order chi connectivity index (χ1) is 7.00. The minimum atomic E-state index is -2.51. The van der Waals surface area contributed by atoms with Gasteiger partial charge in [-0.3, -0.25) is 13.7 Å². The van der Waals surface area contributed by atoms with Crippen LogP contribution in [0.2, 0.25) is 0 Å². The number of hydrogen-bond donors (Lipinski definition) is 1. The van der Waals surface area contributed by atoms with Crippen LogP contribution in [0.15, 0.2) is 0 Å². The molecule has 1 fully saturated rings. The zero-order chi connectivity index (χ0) is 12.8. The summed E-state index contributed by atoms with van der Waals surface area (Å²) in [5.74, 6) is -0.360. The highest BCUT2D eigenvalue weighted by Gasteiger charge is 2.66. The molecule has 0 heterocycles. The second-order valence-corrected chi connectivity index (χ2v) is 7.22. The summed E-state index contributed by atoms with van der Waals surface area (Å²) < 4.78 is 23.1. The average Bonchev–Trinajstić information content (AvgIpc) is 2.48. The molecule has 0 aliphatic heterocycles. The van der Waals surface area contributed by atoms with Gasteiger partial charge in [-0.2, -0.15) is 0 Å². The summed E-state index contributed by atoms with van der Waals surface area (Å²) in [6, 6.07) is 0. The van der Waals surface area contributed by atoms with Crippen molar-refractivity contribution in [2.75, 3.05) is 0 Å². The fraction of sp³-hybridized carbons (Fsp3) is 0.909. The highest BCUT2D eigenvalue weighted by Crippen LogP contribution is 2.67. The van der Waals surface area contributed by atoms with Crippen molar-refractivity contribution >= 4 is 17.2 Å². The average molecular weight is 246 g/mol. The maximum atomic E-state index is 11.9. The lowest BCUT2D eigenvalue weighted by molar-refractivity contribution is -0.127. The first-order valence-electron chi connectivity index (χ1n) is 5.41. The van der Waals surface area contributed by atoms with Gasteiger partial charge in [-0.15, -0.1) is 0 Å². The van der Waals surface area contributed by atoms with Gasteiger partial charge in [-0.1, -0.05) is 34.6 Å². The van der Waals surface area contributed by atoms with Crippen LogP contribution in [0.5, 0.6) is 0 Å². The molecule has 2 atom stereocenters. The van der Waals surface area contributed by atoms with Gasteiger partial charge in [0, 0.05) is 11.3 Å². The van der Waals surface area contributed by atoms with Crippen LogP contribution in [0.1, 0.15) is 47.5 Å². The Balaban J connectivity index is 2.85. The van der Waals surface area contributed by atoms with Crippen molar-refractivity contribution in [1.82, 2.24) is 4.72 Å². The van der Waals surface area contributed by atoms with E-state index in [1.165, 1.54) is 0 Å². The van der Waals surface area contributed by atoms with Crippen molar-refractivity contribution in [1.29, 1.82) is 0 Å². The van der Waals surface area contributed by atoms with Crippen molar-refractivity contribution in [2.24, 2.45) is 16.2 Å². The number of hydrogen-bond acceptors (Lipinski definition) is 3. The van der Waals surface area contributed by atoms with Crippen molar-refractivity contribution in [2.45, 2.75) is 47.5 Å². The maximum absolute atomic E-state index is 11.9. The number of rotatable bonds is 3. The van der Waals surface area contributed by atoms with E-state index in [0.717, 1.165) is 6.42 Å². The molecular formula is C11H20NO3S-. The molecule has 1 aliphatic carbocycles. The van der Waals surface area contributed by atoms with Crippen LogP contribution < -0.4 is 4.72 Å². The van der Waals surface area contributed by atoms with Gasteiger partial charge in [0.25, 0.3) is 0 Å². The van der Waals surface area contributed by atoms with E-state index in [4.69, 9.17) is 0 Å². The smallest absolute Gasteiger partial charge is 0.237 e. The summed E-state index contributed by atoms with van der Waals surface area (Å²) in [4.78, 5) is 11.9. The Morgan fingerprint density at radius 1 is 1.44 bits per heavy atom. The second-order valence-electron chi connectivity index (χ2n) is 6.55. The molecule has 5 heteroatoms. The van der Waals surface area contributed by atoms with Crippen LogP contribution in [0, 0.1) is 16.2 Å². The van der Waals surface area contributed by atoms with Gasteiger partial charge in [0.2, 0.25) is 5.91 Å². The van der Waals surface area contributed by atoms with Crippen LogP contribution in [-0.4, -0.2) is 14.7 Å². The molecule has 1 N–H and O–H groups in total. The Kier molecular flexibility index (Phi) is 3.25. The Labute approximate surface area is 99.6 Å². The Hall–Kier alpha value is -0.420. The maximum Gasteiger partial charge on any atom is 0.237 e. The van der Waals surface area contributed by atoms with Crippen molar-refractivity contribution in [3.05, 3.63) is 0 Å². The molecule has 1 amide bonds. The summed E-state index contributed by atoms with van der Waals surface area (Å²) in [6.07, 6.45) is 1.45. The zero-order valence-corrected chi connectivity index (χ0v) is 11.4. The first-order valence-corrected chi connectivity index (χ1v) is 6.48. The standard InChI is InChI=1S/C11H21NO3S/c1-9(2,3)6-11(7-10(11,4)5)8(13)12-16(14)15/h6-7H2,1-5H3,(H,12,13)(H,14,15)/p-1. The molecule has 0 aromatic carbocycles. The van der Waals surface area contributed by atoms with Gasteiger partial charge in [-0.25, -0.2) is 0 Å². The van der Waals surface area contributed by atoms with E-state index in [2.05, 4.69) is 20.8 Å². The van der Waals surface area contributed by atoms with Gasteiger partial charge < -0.3 is 4.55 Å². The largest absolute Gasteiger partial charge is 0.755 e. The molecular weight excluding hydrogens is 226 g/mol. The Morgan fingerprint density at radius 2 is 1.88 bits per heavy atom. The summed E-state index contributed by atoms with van der Waals surface area (Å²) in [5.41, 5.74) is -0.620. The lowest BCUT2D eigenvalue weighted by Gasteiger charge is -2.28. The van der Waals surface area contributed by atoms with E-state index in [1.807, 2.05) is 18.6 Å². The van der Waals surface area contributed by atoms with Crippen molar-refractivity contribution < 1.29 is 13.6 Å². The topological polar surface area (TPSA) is 69.2 Å². The quantitative estimate of drug-likeness (QED) is 0.771. The normalized spacial score (nSPS) is 29.6. The van der Waals surface area contributed by atoms with Crippen LogP contribution >= 0.6 is 0 Å². The van der Waals surface area contributed by atoms with Crippen LogP contribution in [0.4, 0.5) is 0 Å². The molecule has 1 rings (SSSR count). The molecule has 0 bridgehead atoms. The lowest BCUT2D eigenvalue weighted by atomic mass is 9.78. The minimum absolute atomic E-state index is 0.00941. The molecule has 4 nitrogen and oxygen atoms in total. The van der Waals surface area contributed by atoms with Gasteiger partial charge in [0.05, 0.1) is 5.41 Å². The fourth-order valence-corrected chi connectivity index (χ4v) is 2.91. The Bertz CT molecular complexity index is 333. The van der Waals surface area contributed by atoms with E-state index in [-0.39, 0.29) is 16.7 Å². The molecule has 0 radical (unpaired) electrons. The Morgan fingerprint density at radius 3 is 2.12 bits per heavy atom. The number of carbonyl (C=O) groups is 1. The monoisotopic (exact) mass is 246 g/mol. The highest BCUT2D eigenvalue weighted by molar-refractivity contribution is 7.77. The molecule has 94 valence electrons. The predicted molar refractivity (Wildman–Crippen MR) is 62.0 cm³/mol. The van der Waals surface area contributed by atoms with Crippen LogP contribution in [-0.2, 0) is 16.1 Å². The molecule has 0 spiro atoms. The van der Waals surface area contributed by atoms with Gasteiger partial charge in [-0.05, 0) is 23.7 Å². The number of nitrogens with one attached hydrogen (secondary N) is 1. The summed E-state index contributed by atoms with van der Waals surface area (Å²) in [6.45, 7) is 10.2. The summed E-state index contributed by atoms with van der Waals surface area (Å²) in [7, 11) is 0. The van der Waals surface area contributed by atoms with Crippen LogP contribution in [0.3, 0.4) is 0 Å². The van der Waals surface area contributed by atoms with E-state index < -0.39 is 16.7 Å². The summed E-state index contributed by atoms with van der Waals surface area (Å²) in [5, 5.41) is 0. The zero-order valence-electron chi connectivity index (χ0n) is 10.5. The molecule has 0 aromatic heterocycles. The SMILES string of the molecule is CC(C)(C)CC1(C(=O)NS(=O)[O-])CC1(C)C. The molecule has 16 heavy (non-hydrogen) atoms. The van der Waals surface area contributed by atoms with Gasteiger partial charge >= 0.3 is 0 Å². The van der Waals surface area contributed by atoms with E-state index in [0.29, 0.717) is 6.42 Å². The third-order valence-electron chi connectivity index (χ3n) is 3.36. The third-order valence-corrected chi connectivity index (χ3v) is 3.71. The molecule has 2 unspecified atom stereocenters.